The number of hydrazone groups is 1. The third-order valence-electron chi connectivity index (χ3n) is 5.90. The molecule has 0 fully saturated rings. The number of thioether (sulfide) groups is 1. The van der Waals surface area contributed by atoms with Gasteiger partial charge in [-0.2, -0.15) is 15.1 Å². The average Bonchev–Trinajstić information content (AvgIpc) is 3.37. The Morgan fingerprint density at radius 2 is 1.89 bits per heavy atom. The lowest BCUT2D eigenvalue weighted by molar-refractivity contribution is -0.114. The molecule has 0 bridgehead atoms. The van der Waals surface area contributed by atoms with Crippen molar-refractivity contribution in [1.82, 2.24) is 9.58 Å². The van der Waals surface area contributed by atoms with Crippen molar-refractivity contribution in [3.8, 4) is 11.4 Å². The zero-order chi connectivity index (χ0) is 24.9. The number of methoxy groups -OCH3 is 1. The maximum Gasteiger partial charge on any atom is 0.283 e. The highest BCUT2D eigenvalue weighted by molar-refractivity contribution is 8.27. The molecular weight excluding hydrogens is 465 g/mol. The first kappa shape index (κ1) is 22.8. The fourth-order valence-electron chi connectivity index (χ4n) is 4.17. The second kappa shape index (κ2) is 8.66. The molecule has 3 aromatic rings. The second-order valence-corrected chi connectivity index (χ2v) is 9.20. The summed E-state index contributed by atoms with van der Waals surface area (Å²) in [5, 5.41) is 14.9. The SMILES string of the molecule is COc1ccc(C)cc1-n1c(C)cc(C=C2C(=N)N3N=C(c4ccccc4F)SC3=NC2=O)c1C. The van der Waals surface area contributed by atoms with E-state index in [2.05, 4.69) is 14.7 Å². The van der Waals surface area contributed by atoms with E-state index in [9.17, 15) is 9.18 Å². The molecule has 1 N–H and O–H groups in total. The summed E-state index contributed by atoms with van der Waals surface area (Å²) in [4.78, 5) is 17.0. The van der Waals surface area contributed by atoms with Gasteiger partial charge in [0.15, 0.2) is 5.84 Å². The van der Waals surface area contributed by atoms with E-state index in [4.69, 9.17) is 10.1 Å². The molecule has 0 saturated heterocycles. The third kappa shape index (κ3) is 3.87. The van der Waals surface area contributed by atoms with E-state index in [-0.39, 0.29) is 16.6 Å². The van der Waals surface area contributed by atoms with Crippen LogP contribution in [0.4, 0.5) is 4.39 Å². The minimum atomic E-state index is -0.531. The Hall–Kier alpha value is -3.98. The van der Waals surface area contributed by atoms with Gasteiger partial charge in [-0.1, -0.05) is 18.2 Å². The molecule has 7 nitrogen and oxygen atoms in total. The van der Waals surface area contributed by atoms with Crippen LogP contribution in [0.25, 0.3) is 11.8 Å². The predicted octanol–water partition coefficient (Wildman–Crippen LogP) is 5.22. The van der Waals surface area contributed by atoms with Gasteiger partial charge in [-0.25, -0.2) is 4.39 Å². The monoisotopic (exact) mass is 487 g/mol. The number of carbonyl (C=O) groups excluding carboxylic acids is 1. The quantitative estimate of drug-likeness (QED) is 0.512. The molecular formula is C26H22FN5O2S. The number of nitrogens with one attached hydrogen (secondary N) is 1. The van der Waals surface area contributed by atoms with Crippen molar-refractivity contribution in [3.05, 3.63) is 88.0 Å². The van der Waals surface area contributed by atoms with E-state index < -0.39 is 11.7 Å². The minimum absolute atomic E-state index is 0.100. The highest BCUT2D eigenvalue weighted by Crippen LogP contribution is 2.33. The number of carbonyl (C=O) groups is 1. The summed E-state index contributed by atoms with van der Waals surface area (Å²) in [6.07, 6.45) is 1.66. The number of ether oxygens (including phenoxy) is 1. The predicted molar refractivity (Wildman–Crippen MR) is 137 cm³/mol. The topological polar surface area (TPSA) is 83.0 Å². The lowest BCUT2D eigenvalue weighted by atomic mass is 10.1. The minimum Gasteiger partial charge on any atom is -0.495 e. The first-order valence-corrected chi connectivity index (χ1v) is 11.7. The zero-order valence-electron chi connectivity index (χ0n) is 19.6. The highest BCUT2D eigenvalue weighted by atomic mass is 32.2. The molecule has 0 atom stereocenters. The molecule has 1 amide bonds. The fraction of sp³-hybridized carbons (Fsp3) is 0.154. The van der Waals surface area contributed by atoms with Crippen molar-refractivity contribution in [2.75, 3.05) is 7.11 Å². The molecule has 3 heterocycles. The van der Waals surface area contributed by atoms with Crippen molar-refractivity contribution >= 4 is 39.8 Å². The Kier molecular flexibility index (Phi) is 5.64. The highest BCUT2D eigenvalue weighted by Gasteiger charge is 2.36. The fourth-order valence-corrected chi connectivity index (χ4v) is 5.09. The van der Waals surface area contributed by atoms with Gasteiger partial charge in [-0.05, 0) is 80.1 Å². The van der Waals surface area contributed by atoms with Gasteiger partial charge in [0.2, 0.25) is 5.17 Å². The third-order valence-corrected chi connectivity index (χ3v) is 6.85. The number of amides is 1. The van der Waals surface area contributed by atoms with Crippen LogP contribution in [0.15, 0.2) is 64.2 Å². The van der Waals surface area contributed by atoms with Crippen LogP contribution in [0.1, 0.15) is 28.1 Å². The number of hydrogen-bond acceptors (Lipinski definition) is 5. The van der Waals surface area contributed by atoms with Crippen LogP contribution in [-0.4, -0.2) is 38.6 Å². The lowest BCUT2D eigenvalue weighted by Crippen LogP contribution is -2.35. The number of halogens is 1. The molecule has 0 saturated carbocycles. The molecule has 0 aliphatic carbocycles. The summed E-state index contributed by atoms with van der Waals surface area (Å²) in [5.74, 6) is -0.322. The Balaban J connectivity index is 1.54. The van der Waals surface area contributed by atoms with Crippen LogP contribution < -0.4 is 4.74 Å². The molecule has 35 heavy (non-hydrogen) atoms. The number of hydrogen-bond donors (Lipinski definition) is 1. The van der Waals surface area contributed by atoms with Crippen LogP contribution in [0.2, 0.25) is 0 Å². The van der Waals surface area contributed by atoms with Crippen molar-refractivity contribution in [1.29, 1.82) is 5.41 Å². The molecule has 2 aliphatic rings. The van der Waals surface area contributed by atoms with E-state index in [1.807, 2.05) is 45.0 Å². The molecule has 2 aliphatic heterocycles. The number of aromatic nitrogens is 1. The van der Waals surface area contributed by atoms with Crippen LogP contribution in [0, 0.1) is 32.0 Å². The molecule has 176 valence electrons. The standard InChI is InChI=1S/C26H22FN5O2S/c1-14-9-10-22(34-4)21(11-14)31-15(2)12-17(16(31)3)13-19-23(28)32-26(29-24(19)33)35-25(30-32)18-7-5-6-8-20(18)27/h5-13,28H,1-4H3. The summed E-state index contributed by atoms with van der Waals surface area (Å²) in [5.41, 5.74) is 5.03. The first-order chi connectivity index (χ1) is 16.8. The van der Waals surface area contributed by atoms with Gasteiger partial charge in [0, 0.05) is 17.0 Å². The maximum atomic E-state index is 14.3. The number of aliphatic imine (C=N–C) groups is 1. The maximum absolute atomic E-state index is 14.3. The Morgan fingerprint density at radius 1 is 1.11 bits per heavy atom. The number of amidine groups is 2. The number of nitrogens with zero attached hydrogens (tertiary/aromatic N) is 4. The van der Waals surface area contributed by atoms with Gasteiger partial charge >= 0.3 is 0 Å². The van der Waals surface area contributed by atoms with Gasteiger partial charge in [0.25, 0.3) is 5.91 Å². The van der Waals surface area contributed by atoms with Crippen LogP contribution in [-0.2, 0) is 4.79 Å². The van der Waals surface area contributed by atoms with Crippen molar-refractivity contribution in [3.63, 3.8) is 0 Å². The normalized spacial score (nSPS) is 16.5. The molecule has 0 spiro atoms. The van der Waals surface area contributed by atoms with E-state index in [1.54, 1.807) is 31.4 Å². The van der Waals surface area contributed by atoms with Crippen molar-refractivity contribution < 1.29 is 13.9 Å². The molecule has 9 heteroatoms. The van der Waals surface area contributed by atoms with Gasteiger partial charge in [0.1, 0.15) is 16.6 Å². The Labute approximate surface area is 206 Å². The largest absolute Gasteiger partial charge is 0.495 e. The van der Waals surface area contributed by atoms with Gasteiger partial charge < -0.3 is 9.30 Å². The lowest BCUT2D eigenvalue weighted by Gasteiger charge is -2.20. The molecule has 5 rings (SSSR count). The van der Waals surface area contributed by atoms with Gasteiger partial charge in [-0.3, -0.25) is 10.2 Å². The molecule has 0 radical (unpaired) electrons. The molecule has 1 aromatic heterocycles. The number of fused-ring (bicyclic) bond motifs is 1. The van der Waals surface area contributed by atoms with Crippen LogP contribution in [0.3, 0.4) is 0 Å². The van der Waals surface area contributed by atoms with Gasteiger partial charge in [-0.15, -0.1) is 0 Å². The summed E-state index contributed by atoms with van der Waals surface area (Å²) in [6.45, 7) is 5.94. The number of benzene rings is 2. The van der Waals surface area contributed by atoms with Gasteiger partial charge in [0.05, 0.1) is 18.4 Å². The summed E-state index contributed by atoms with van der Waals surface area (Å²) >= 11 is 1.07. The summed E-state index contributed by atoms with van der Waals surface area (Å²) in [6, 6.07) is 14.2. The van der Waals surface area contributed by atoms with E-state index in [1.165, 1.54) is 11.1 Å². The Bertz CT molecular complexity index is 1500. The van der Waals surface area contributed by atoms with Crippen LogP contribution in [0.5, 0.6) is 5.75 Å². The van der Waals surface area contributed by atoms with E-state index in [0.717, 1.165) is 45.7 Å². The van der Waals surface area contributed by atoms with E-state index >= 15 is 0 Å². The van der Waals surface area contributed by atoms with E-state index in [0.29, 0.717) is 10.6 Å². The van der Waals surface area contributed by atoms with Crippen molar-refractivity contribution in [2.45, 2.75) is 20.8 Å². The molecule has 0 unspecified atom stereocenters. The first-order valence-electron chi connectivity index (χ1n) is 10.9. The summed E-state index contributed by atoms with van der Waals surface area (Å²) < 4.78 is 21.9. The van der Waals surface area contributed by atoms with Crippen molar-refractivity contribution in [2.24, 2.45) is 10.1 Å². The van der Waals surface area contributed by atoms with Crippen LogP contribution >= 0.6 is 11.8 Å². The molecule has 2 aromatic carbocycles. The smallest absolute Gasteiger partial charge is 0.283 e. The average molecular weight is 488 g/mol. The zero-order valence-corrected chi connectivity index (χ0v) is 20.4. The number of aryl methyl sites for hydroxylation is 2. The number of rotatable bonds is 4. The second-order valence-electron chi connectivity index (χ2n) is 8.24. The summed E-state index contributed by atoms with van der Waals surface area (Å²) in [7, 11) is 1.63. The Morgan fingerprint density at radius 3 is 2.63 bits per heavy atom.